The van der Waals surface area contributed by atoms with Gasteiger partial charge in [0.15, 0.2) is 0 Å². The van der Waals surface area contributed by atoms with Crippen molar-refractivity contribution >= 4 is 0 Å². The molecule has 11 heavy (non-hydrogen) atoms. The highest BCUT2D eigenvalue weighted by Gasteiger charge is 2.03. The van der Waals surface area contributed by atoms with Crippen molar-refractivity contribution in [2.75, 3.05) is 33.0 Å². The van der Waals surface area contributed by atoms with Gasteiger partial charge in [-0.05, 0) is 13.3 Å². The van der Waals surface area contributed by atoms with E-state index in [0.29, 0.717) is 32.5 Å². The molecule has 0 radical (unpaired) electrons. The molecular weight excluding hydrogens is 144 g/mol. The molecule has 0 aromatic heterocycles. The highest BCUT2D eigenvalue weighted by atomic mass is 16.6. The van der Waals surface area contributed by atoms with Gasteiger partial charge >= 0.3 is 0 Å². The van der Waals surface area contributed by atoms with E-state index in [4.69, 9.17) is 14.2 Å². The van der Waals surface area contributed by atoms with Crippen molar-refractivity contribution in [2.24, 2.45) is 0 Å². The molecule has 0 aliphatic carbocycles. The van der Waals surface area contributed by atoms with Gasteiger partial charge in [-0.3, -0.25) is 0 Å². The van der Waals surface area contributed by atoms with Gasteiger partial charge in [-0.1, -0.05) is 0 Å². The maximum absolute atomic E-state index is 5.41. The topological polar surface area (TPSA) is 27.7 Å². The quantitative estimate of drug-likeness (QED) is 0.525. The Morgan fingerprint density at radius 1 is 0.909 bits per heavy atom. The highest BCUT2D eigenvalue weighted by Crippen LogP contribution is 1.99. The Labute approximate surface area is 67.6 Å². The fourth-order valence-electron chi connectivity index (χ4n) is 0.963. The summed E-state index contributed by atoms with van der Waals surface area (Å²) in [4.78, 5) is 0. The molecule has 0 bridgehead atoms. The van der Waals surface area contributed by atoms with Crippen LogP contribution in [0.5, 0.6) is 0 Å². The van der Waals surface area contributed by atoms with Crippen LogP contribution in [-0.2, 0) is 14.2 Å². The van der Waals surface area contributed by atoms with E-state index in [1.807, 2.05) is 0 Å². The summed E-state index contributed by atoms with van der Waals surface area (Å²) in [6, 6.07) is 0. The van der Waals surface area contributed by atoms with Crippen molar-refractivity contribution in [1.82, 2.24) is 0 Å². The molecule has 3 nitrogen and oxygen atoms in total. The minimum absolute atomic E-state index is 0.302. The third-order valence-corrected chi connectivity index (χ3v) is 1.67. The van der Waals surface area contributed by atoms with Crippen LogP contribution >= 0.6 is 0 Å². The van der Waals surface area contributed by atoms with E-state index in [1.54, 1.807) is 0 Å². The lowest BCUT2D eigenvalue weighted by Crippen LogP contribution is -2.19. The maximum Gasteiger partial charge on any atom is 0.0704 e. The molecule has 0 aromatic rings. The first-order valence-electron chi connectivity index (χ1n) is 4.16. The Hall–Kier alpha value is -0.120. The van der Waals surface area contributed by atoms with Gasteiger partial charge in [0.2, 0.25) is 0 Å². The standard InChI is InChI=1S/C8H16O3/c1-8-2-3-9-4-5-10-6-7-11-8/h8H,2-7H2,1H3. The molecule has 1 aliphatic rings. The van der Waals surface area contributed by atoms with Crippen LogP contribution in [0, 0.1) is 0 Å². The van der Waals surface area contributed by atoms with Gasteiger partial charge in [0, 0.05) is 6.61 Å². The summed E-state index contributed by atoms with van der Waals surface area (Å²) in [5, 5.41) is 0. The molecule has 3 heteroatoms. The molecule has 66 valence electrons. The maximum atomic E-state index is 5.41. The van der Waals surface area contributed by atoms with Crippen molar-refractivity contribution in [3.63, 3.8) is 0 Å². The highest BCUT2D eigenvalue weighted by molar-refractivity contribution is 4.50. The zero-order valence-electron chi connectivity index (χ0n) is 7.04. The zero-order valence-corrected chi connectivity index (χ0v) is 7.04. The van der Waals surface area contributed by atoms with Crippen LogP contribution in [0.15, 0.2) is 0 Å². The second-order valence-corrected chi connectivity index (χ2v) is 2.69. The SMILES string of the molecule is CC1CCOCCOCCO1. The first kappa shape index (κ1) is 8.97. The summed E-state index contributed by atoms with van der Waals surface area (Å²) < 4.78 is 15.9. The van der Waals surface area contributed by atoms with E-state index in [9.17, 15) is 0 Å². The zero-order chi connectivity index (χ0) is 7.94. The van der Waals surface area contributed by atoms with E-state index in [2.05, 4.69) is 6.92 Å². The van der Waals surface area contributed by atoms with Gasteiger partial charge in [-0.25, -0.2) is 0 Å². The first-order chi connectivity index (χ1) is 5.39. The molecule has 1 unspecified atom stereocenters. The Morgan fingerprint density at radius 2 is 1.55 bits per heavy atom. The van der Waals surface area contributed by atoms with Crippen LogP contribution in [0.4, 0.5) is 0 Å². The molecule has 0 saturated carbocycles. The monoisotopic (exact) mass is 160 g/mol. The molecule has 1 fully saturated rings. The fraction of sp³-hybridized carbons (Fsp3) is 1.00. The average molecular weight is 160 g/mol. The van der Waals surface area contributed by atoms with E-state index < -0.39 is 0 Å². The molecular formula is C8H16O3. The van der Waals surface area contributed by atoms with Gasteiger partial charge in [-0.15, -0.1) is 0 Å². The van der Waals surface area contributed by atoms with Crippen molar-refractivity contribution in [2.45, 2.75) is 19.4 Å². The molecule has 0 N–H and O–H groups in total. The Bertz CT molecular complexity index is 85.3. The lowest BCUT2D eigenvalue weighted by molar-refractivity contribution is -0.0374. The molecule has 1 rings (SSSR count). The number of hydrogen-bond donors (Lipinski definition) is 0. The lowest BCUT2D eigenvalue weighted by atomic mass is 10.3. The van der Waals surface area contributed by atoms with Crippen molar-refractivity contribution in [3.8, 4) is 0 Å². The molecule has 0 spiro atoms. The van der Waals surface area contributed by atoms with E-state index in [0.717, 1.165) is 13.0 Å². The lowest BCUT2D eigenvalue weighted by Gasteiger charge is -2.15. The third-order valence-electron chi connectivity index (χ3n) is 1.67. The van der Waals surface area contributed by atoms with Crippen LogP contribution in [-0.4, -0.2) is 39.1 Å². The van der Waals surface area contributed by atoms with Gasteiger partial charge in [-0.2, -0.15) is 0 Å². The summed E-state index contributed by atoms with van der Waals surface area (Å²) in [5.74, 6) is 0. The van der Waals surface area contributed by atoms with Crippen LogP contribution in [0.25, 0.3) is 0 Å². The normalized spacial score (nSPS) is 29.7. The number of rotatable bonds is 0. The Kier molecular flexibility index (Phi) is 4.50. The first-order valence-corrected chi connectivity index (χ1v) is 4.16. The van der Waals surface area contributed by atoms with Crippen molar-refractivity contribution in [3.05, 3.63) is 0 Å². The second-order valence-electron chi connectivity index (χ2n) is 2.69. The van der Waals surface area contributed by atoms with Gasteiger partial charge < -0.3 is 14.2 Å². The van der Waals surface area contributed by atoms with Crippen LogP contribution in [0.2, 0.25) is 0 Å². The summed E-state index contributed by atoms with van der Waals surface area (Å²) in [6.45, 7) is 5.65. The average Bonchev–Trinajstić information content (AvgIpc) is 2.03. The van der Waals surface area contributed by atoms with E-state index >= 15 is 0 Å². The van der Waals surface area contributed by atoms with E-state index in [1.165, 1.54) is 0 Å². The summed E-state index contributed by atoms with van der Waals surface area (Å²) in [5.41, 5.74) is 0. The van der Waals surface area contributed by atoms with Crippen LogP contribution in [0.1, 0.15) is 13.3 Å². The van der Waals surface area contributed by atoms with Crippen LogP contribution in [0.3, 0.4) is 0 Å². The minimum atomic E-state index is 0.302. The Morgan fingerprint density at radius 3 is 2.36 bits per heavy atom. The van der Waals surface area contributed by atoms with Gasteiger partial charge in [0.1, 0.15) is 0 Å². The molecule has 0 aromatic carbocycles. The number of ether oxygens (including phenoxy) is 3. The molecule has 1 saturated heterocycles. The predicted molar refractivity (Wildman–Crippen MR) is 41.7 cm³/mol. The molecule has 1 heterocycles. The van der Waals surface area contributed by atoms with Gasteiger partial charge in [0.25, 0.3) is 0 Å². The smallest absolute Gasteiger partial charge is 0.0704 e. The van der Waals surface area contributed by atoms with Gasteiger partial charge in [0.05, 0.1) is 32.5 Å². The Balaban J connectivity index is 2.12. The predicted octanol–water partition coefficient (Wildman–Crippen LogP) is 0.828. The second kappa shape index (κ2) is 5.52. The minimum Gasteiger partial charge on any atom is -0.379 e. The van der Waals surface area contributed by atoms with Crippen molar-refractivity contribution < 1.29 is 14.2 Å². The summed E-state index contributed by atoms with van der Waals surface area (Å²) >= 11 is 0. The van der Waals surface area contributed by atoms with Crippen LogP contribution < -0.4 is 0 Å². The molecule has 1 aliphatic heterocycles. The number of hydrogen-bond acceptors (Lipinski definition) is 3. The van der Waals surface area contributed by atoms with E-state index in [-0.39, 0.29) is 0 Å². The third kappa shape index (κ3) is 4.35. The molecule has 1 atom stereocenters. The largest absolute Gasteiger partial charge is 0.379 e. The molecule has 0 amide bonds. The summed E-state index contributed by atoms with van der Waals surface area (Å²) in [6.07, 6.45) is 1.29. The summed E-state index contributed by atoms with van der Waals surface area (Å²) in [7, 11) is 0. The fourth-order valence-corrected chi connectivity index (χ4v) is 0.963. The van der Waals surface area contributed by atoms with Crippen molar-refractivity contribution in [1.29, 1.82) is 0 Å².